The topological polar surface area (TPSA) is 0 Å². The summed E-state index contributed by atoms with van der Waals surface area (Å²) in [5.74, 6) is 0. The monoisotopic (exact) mass is 194 g/mol. The maximum absolute atomic E-state index is 3.10. The van der Waals surface area contributed by atoms with Crippen molar-refractivity contribution in [2.45, 2.75) is 13.8 Å². The van der Waals surface area contributed by atoms with Crippen molar-refractivity contribution in [3.05, 3.63) is 35.4 Å². The van der Waals surface area contributed by atoms with Crippen LogP contribution < -0.4 is 0 Å². The average molecular weight is 194 g/mol. The second kappa shape index (κ2) is 4.19. The van der Waals surface area contributed by atoms with Crippen molar-refractivity contribution in [1.29, 1.82) is 0 Å². The molecule has 1 heteroatoms. The van der Waals surface area contributed by atoms with Gasteiger partial charge in [-0.3, -0.25) is 0 Å². The second-order valence-electron chi connectivity index (χ2n) is 2.05. The zero-order chi connectivity index (χ0) is 5.98. The van der Waals surface area contributed by atoms with Crippen LogP contribution in [0.25, 0.3) is 0 Å². The van der Waals surface area contributed by atoms with Gasteiger partial charge in [0.05, 0.1) is 0 Å². The maximum atomic E-state index is 3.10. The third-order valence-electron chi connectivity index (χ3n) is 1.12. The van der Waals surface area contributed by atoms with Crippen LogP contribution in [-0.4, -0.2) is 0 Å². The molecule has 0 aromatic heterocycles. The second-order valence-corrected chi connectivity index (χ2v) is 2.05. The van der Waals surface area contributed by atoms with Crippen molar-refractivity contribution in [3.63, 3.8) is 0 Å². The Bertz CT molecular complexity index is 143. The third kappa shape index (κ3) is 3.12. The number of aryl methyl sites for hydroxylation is 2. The van der Waals surface area contributed by atoms with Crippen LogP contribution in [0.3, 0.4) is 0 Å². The molecule has 45 valence electrons. The smallest absolute Gasteiger partial charge is 0 e. The summed E-state index contributed by atoms with van der Waals surface area (Å²) in [5, 5.41) is 0. The molecule has 0 saturated heterocycles. The molecule has 0 spiro atoms. The van der Waals surface area contributed by atoms with Gasteiger partial charge < -0.3 is 0 Å². The van der Waals surface area contributed by atoms with Crippen molar-refractivity contribution >= 4 is 0 Å². The average Bonchev–Trinajstić information content (AvgIpc) is 1.77. The summed E-state index contributed by atoms with van der Waals surface area (Å²) >= 11 is 0. The van der Waals surface area contributed by atoms with Gasteiger partial charge in [0.15, 0.2) is 0 Å². The Hall–Kier alpha value is 0.324. The molecule has 1 aromatic carbocycles. The molecule has 0 amide bonds. The summed E-state index contributed by atoms with van der Waals surface area (Å²) in [6.45, 7) is 4.11. The minimum Gasteiger partial charge on any atom is -0.180 e. The molecule has 1 aromatic rings. The van der Waals surface area contributed by atoms with E-state index in [9.17, 15) is 0 Å². The first-order valence-electron chi connectivity index (χ1n) is 2.74. The molecular weight excluding hydrogens is 185 g/mol. The van der Waals surface area contributed by atoms with Gasteiger partial charge in [0, 0.05) is 32.7 Å². The van der Waals surface area contributed by atoms with E-state index in [1.54, 1.807) is 0 Å². The quantitative estimate of drug-likeness (QED) is 0.555. The van der Waals surface area contributed by atoms with Gasteiger partial charge >= 0.3 is 0 Å². The summed E-state index contributed by atoms with van der Waals surface area (Å²) in [6, 6.07) is 9.25. The summed E-state index contributed by atoms with van der Waals surface area (Å²) < 4.78 is 0. The van der Waals surface area contributed by atoms with Crippen molar-refractivity contribution < 1.29 is 32.7 Å². The molecular formula is C8H9Y-. The molecule has 1 rings (SSSR count). The fourth-order valence-electron chi connectivity index (χ4n) is 0.580. The molecule has 0 heterocycles. The van der Waals surface area contributed by atoms with Crippen LogP contribution in [0.1, 0.15) is 11.1 Å². The SMILES string of the molecule is Cc1[c-]cc(C)cc1.[Y]. The van der Waals surface area contributed by atoms with Gasteiger partial charge in [-0.15, -0.1) is 0 Å². The van der Waals surface area contributed by atoms with E-state index in [1.807, 2.05) is 13.0 Å². The van der Waals surface area contributed by atoms with Gasteiger partial charge in [-0.25, -0.2) is 0 Å². The molecule has 0 fully saturated rings. The Morgan fingerprint density at radius 1 is 1.22 bits per heavy atom. The summed E-state index contributed by atoms with van der Waals surface area (Å²) in [7, 11) is 0. The van der Waals surface area contributed by atoms with Crippen molar-refractivity contribution in [3.8, 4) is 0 Å². The molecule has 0 nitrogen and oxygen atoms in total. The van der Waals surface area contributed by atoms with Gasteiger partial charge in [0.25, 0.3) is 0 Å². The van der Waals surface area contributed by atoms with E-state index in [0.29, 0.717) is 0 Å². The molecule has 0 aliphatic heterocycles. The molecule has 0 aliphatic rings. The van der Waals surface area contributed by atoms with Gasteiger partial charge in [0.1, 0.15) is 0 Å². The van der Waals surface area contributed by atoms with Crippen LogP contribution in [0.15, 0.2) is 18.2 Å². The fourth-order valence-corrected chi connectivity index (χ4v) is 0.580. The van der Waals surface area contributed by atoms with Crippen molar-refractivity contribution in [2.75, 3.05) is 0 Å². The first-order chi connectivity index (χ1) is 3.79. The Morgan fingerprint density at radius 3 is 2.22 bits per heavy atom. The van der Waals surface area contributed by atoms with Crippen LogP contribution in [0, 0.1) is 19.9 Å². The maximum Gasteiger partial charge on any atom is 0 e. The Balaban J connectivity index is 0.000000640. The van der Waals surface area contributed by atoms with Gasteiger partial charge in [0.2, 0.25) is 0 Å². The summed E-state index contributed by atoms with van der Waals surface area (Å²) in [5.41, 5.74) is 2.48. The van der Waals surface area contributed by atoms with E-state index in [2.05, 4.69) is 25.1 Å². The minimum atomic E-state index is 0. The van der Waals surface area contributed by atoms with E-state index in [1.165, 1.54) is 11.1 Å². The standard InChI is InChI=1S/C8H9.Y/c1-7-3-5-8(2)6-4-7;/h3-5H,1-2H3;/q-1;. The van der Waals surface area contributed by atoms with Crippen LogP contribution in [0.2, 0.25) is 0 Å². The molecule has 0 unspecified atom stereocenters. The van der Waals surface area contributed by atoms with Crippen LogP contribution >= 0.6 is 0 Å². The predicted molar refractivity (Wildman–Crippen MR) is 34.8 cm³/mol. The molecule has 0 aliphatic carbocycles. The fraction of sp³-hybridized carbons (Fsp3) is 0.250. The summed E-state index contributed by atoms with van der Waals surface area (Å²) in [4.78, 5) is 0. The Kier molecular flexibility index (Phi) is 4.34. The Labute approximate surface area is 81.5 Å². The van der Waals surface area contributed by atoms with Crippen molar-refractivity contribution in [1.82, 2.24) is 0 Å². The molecule has 0 N–H and O–H groups in total. The number of hydrogen-bond acceptors (Lipinski definition) is 0. The zero-order valence-electron chi connectivity index (χ0n) is 5.81. The van der Waals surface area contributed by atoms with E-state index in [-0.39, 0.29) is 32.7 Å². The molecule has 0 atom stereocenters. The molecule has 9 heavy (non-hydrogen) atoms. The predicted octanol–water partition coefficient (Wildman–Crippen LogP) is 2.10. The van der Waals surface area contributed by atoms with E-state index < -0.39 is 0 Å². The first-order valence-corrected chi connectivity index (χ1v) is 2.74. The number of rotatable bonds is 0. The molecule has 0 bridgehead atoms. The van der Waals surface area contributed by atoms with Gasteiger partial charge in [-0.1, -0.05) is 13.8 Å². The van der Waals surface area contributed by atoms with Crippen LogP contribution in [0.5, 0.6) is 0 Å². The van der Waals surface area contributed by atoms with Crippen LogP contribution in [-0.2, 0) is 32.7 Å². The number of hydrogen-bond donors (Lipinski definition) is 0. The van der Waals surface area contributed by atoms with E-state index in [0.717, 1.165) is 0 Å². The van der Waals surface area contributed by atoms with E-state index in [4.69, 9.17) is 0 Å². The minimum absolute atomic E-state index is 0. The Morgan fingerprint density at radius 2 is 1.89 bits per heavy atom. The number of benzene rings is 1. The van der Waals surface area contributed by atoms with E-state index >= 15 is 0 Å². The van der Waals surface area contributed by atoms with Crippen molar-refractivity contribution in [2.24, 2.45) is 0 Å². The third-order valence-corrected chi connectivity index (χ3v) is 1.12. The van der Waals surface area contributed by atoms with Gasteiger partial charge in [-0.05, 0) is 0 Å². The first kappa shape index (κ1) is 9.32. The van der Waals surface area contributed by atoms with Crippen LogP contribution in [0.4, 0.5) is 0 Å². The normalized spacial score (nSPS) is 8.22. The molecule has 0 saturated carbocycles. The zero-order valence-corrected chi connectivity index (χ0v) is 8.65. The summed E-state index contributed by atoms with van der Waals surface area (Å²) in [6.07, 6.45) is 0. The molecule has 1 radical (unpaired) electrons. The van der Waals surface area contributed by atoms with Gasteiger partial charge in [-0.2, -0.15) is 35.4 Å². The largest absolute Gasteiger partial charge is 0.180 e.